The van der Waals surface area contributed by atoms with Crippen molar-refractivity contribution in [3.63, 3.8) is 0 Å². The van der Waals surface area contributed by atoms with Crippen molar-refractivity contribution >= 4 is 11.3 Å². The molecule has 0 fully saturated rings. The van der Waals surface area contributed by atoms with Gasteiger partial charge in [0.05, 0.1) is 5.01 Å². The fourth-order valence-electron chi connectivity index (χ4n) is 2.27. The van der Waals surface area contributed by atoms with Gasteiger partial charge in [-0.05, 0) is 30.0 Å². The van der Waals surface area contributed by atoms with E-state index < -0.39 is 0 Å². The predicted octanol–water partition coefficient (Wildman–Crippen LogP) is 4.47. The van der Waals surface area contributed by atoms with Gasteiger partial charge in [-0.25, -0.2) is 9.37 Å². The summed E-state index contributed by atoms with van der Waals surface area (Å²) in [6, 6.07) is 6.93. The van der Waals surface area contributed by atoms with Crippen LogP contribution in [0.5, 0.6) is 0 Å². The molecular formula is C16H21FN2S. The summed E-state index contributed by atoms with van der Waals surface area (Å²) in [5, 5.41) is 4.65. The molecule has 0 bridgehead atoms. The quantitative estimate of drug-likeness (QED) is 0.899. The molecule has 0 saturated carbocycles. The van der Waals surface area contributed by atoms with Crippen molar-refractivity contribution in [3.05, 3.63) is 51.7 Å². The minimum absolute atomic E-state index is 0.0531. The average molecular weight is 292 g/mol. The van der Waals surface area contributed by atoms with Gasteiger partial charge in [0.1, 0.15) is 5.82 Å². The first-order valence-corrected chi connectivity index (χ1v) is 7.58. The van der Waals surface area contributed by atoms with E-state index in [1.807, 2.05) is 25.3 Å². The van der Waals surface area contributed by atoms with E-state index in [1.54, 1.807) is 11.3 Å². The number of aryl methyl sites for hydroxylation is 1. The number of thiazole rings is 1. The summed E-state index contributed by atoms with van der Waals surface area (Å²) >= 11 is 1.70. The summed E-state index contributed by atoms with van der Waals surface area (Å²) in [6.07, 6.45) is 1.91. The fourth-order valence-corrected chi connectivity index (χ4v) is 3.01. The molecule has 0 radical (unpaired) electrons. The normalized spacial score (nSPS) is 13.4. The number of rotatable bonds is 4. The van der Waals surface area contributed by atoms with Crippen LogP contribution in [-0.2, 0) is 6.54 Å². The maximum atomic E-state index is 13.1. The van der Waals surface area contributed by atoms with Crippen LogP contribution in [-0.4, -0.2) is 4.98 Å². The molecule has 4 heteroatoms. The van der Waals surface area contributed by atoms with Crippen molar-refractivity contribution in [2.24, 2.45) is 5.41 Å². The predicted molar refractivity (Wildman–Crippen MR) is 82.3 cm³/mol. The molecule has 0 aliphatic carbocycles. The van der Waals surface area contributed by atoms with E-state index in [9.17, 15) is 4.39 Å². The number of nitrogens with zero attached hydrogens (tertiary/aromatic N) is 1. The molecule has 0 saturated heterocycles. The highest BCUT2D eigenvalue weighted by atomic mass is 32.1. The van der Waals surface area contributed by atoms with E-state index in [4.69, 9.17) is 0 Å². The molecule has 2 nitrogen and oxygen atoms in total. The maximum absolute atomic E-state index is 13.1. The number of nitrogens with one attached hydrogen (secondary N) is 1. The highest BCUT2D eigenvalue weighted by Crippen LogP contribution is 2.33. The Morgan fingerprint density at radius 2 is 1.90 bits per heavy atom. The molecule has 2 rings (SSSR count). The van der Waals surface area contributed by atoms with Crippen LogP contribution in [0.25, 0.3) is 0 Å². The molecule has 1 aromatic carbocycles. The van der Waals surface area contributed by atoms with E-state index in [-0.39, 0.29) is 17.3 Å². The van der Waals surface area contributed by atoms with Crippen LogP contribution in [0.1, 0.15) is 42.3 Å². The number of halogens is 1. The molecule has 0 aliphatic heterocycles. The molecule has 1 aromatic heterocycles. The standard InChI is InChI=1S/C16H21FN2S/c1-11-18-9-14(20-11)10-19-15(16(2,3)4)12-5-7-13(17)8-6-12/h5-9,15,19H,10H2,1-4H3. The van der Waals surface area contributed by atoms with Crippen molar-refractivity contribution in [2.45, 2.75) is 40.3 Å². The Hall–Kier alpha value is -1.26. The summed E-state index contributed by atoms with van der Waals surface area (Å²) in [5.41, 5.74) is 1.16. The second kappa shape index (κ2) is 6.02. The van der Waals surface area contributed by atoms with Gasteiger partial charge in [0.25, 0.3) is 0 Å². The van der Waals surface area contributed by atoms with E-state index >= 15 is 0 Å². The van der Waals surface area contributed by atoms with Gasteiger partial charge in [-0.15, -0.1) is 11.3 Å². The number of benzene rings is 1. The Labute approximate surface area is 124 Å². The second-order valence-corrected chi connectivity index (χ2v) is 7.40. The van der Waals surface area contributed by atoms with Crippen molar-refractivity contribution < 1.29 is 4.39 Å². The van der Waals surface area contributed by atoms with Crippen LogP contribution in [0.15, 0.2) is 30.5 Å². The molecule has 0 amide bonds. The minimum Gasteiger partial charge on any atom is -0.305 e. The highest BCUT2D eigenvalue weighted by Gasteiger charge is 2.25. The van der Waals surface area contributed by atoms with E-state index in [2.05, 4.69) is 31.1 Å². The maximum Gasteiger partial charge on any atom is 0.123 e. The molecule has 1 atom stereocenters. The number of hydrogen-bond donors (Lipinski definition) is 1. The Bertz CT molecular complexity index is 555. The minimum atomic E-state index is -0.195. The Kier molecular flexibility index (Phi) is 4.55. The Morgan fingerprint density at radius 3 is 2.40 bits per heavy atom. The van der Waals surface area contributed by atoms with Crippen molar-refractivity contribution in [1.29, 1.82) is 0 Å². The third kappa shape index (κ3) is 3.87. The average Bonchev–Trinajstić information content (AvgIpc) is 2.76. The smallest absolute Gasteiger partial charge is 0.123 e. The molecule has 2 aromatic rings. The van der Waals surface area contributed by atoms with Crippen LogP contribution < -0.4 is 5.32 Å². The number of aromatic nitrogens is 1. The van der Waals surface area contributed by atoms with E-state index in [0.29, 0.717) is 0 Å². The Balaban J connectivity index is 2.14. The lowest BCUT2D eigenvalue weighted by molar-refractivity contribution is 0.271. The second-order valence-electron chi connectivity index (χ2n) is 6.08. The van der Waals surface area contributed by atoms with Gasteiger partial charge in [0.2, 0.25) is 0 Å². The zero-order valence-corrected chi connectivity index (χ0v) is 13.2. The first-order chi connectivity index (χ1) is 9.36. The van der Waals surface area contributed by atoms with Crippen LogP contribution in [0.2, 0.25) is 0 Å². The first kappa shape index (κ1) is 15.1. The Morgan fingerprint density at radius 1 is 1.25 bits per heavy atom. The third-order valence-electron chi connectivity index (χ3n) is 3.22. The zero-order valence-electron chi connectivity index (χ0n) is 12.4. The first-order valence-electron chi connectivity index (χ1n) is 6.76. The summed E-state index contributed by atoms with van der Waals surface area (Å²) in [5.74, 6) is -0.195. The van der Waals surface area contributed by atoms with Gasteiger partial charge in [-0.3, -0.25) is 0 Å². The van der Waals surface area contributed by atoms with E-state index in [1.165, 1.54) is 17.0 Å². The fraction of sp³-hybridized carbons (Fsp3) is 0.438. The zero-order chi connectivity index (χ0) is 14.8. The van der Waals surface area contributed by atoms with Crippen molar-refractivity contribution in [3.8, 4) is 0 Å². The summed E-state index contributed by atoms with van der Waals surface area (Å²) < 4.78 is 13.1. The summed E-state index contributed by atoms with van der Waals surface area (Å²) in [7, 11) is 0. The lowest BCUT2D eigenvalue weighted by Gasteiger charge is -2.32. The molecular weight excluding hydrogens is 271 g/mol. The largest absolute Gasteiger partial charge is 0.305 e. The molecule has 20 heavy (non-hydrogen) atoms. The molecule has 0 aliphatic rings. The van der Waals surface area contributed by atoms with Crippen LogP contribution in [0.3, 0.4) is 0 Å². The summed E-state index contributed by atoms with van der Waals surface area (Å²) in [6.45, 7) is 9.35. The molecule has 1 heterocycles. The van der Waals surface area contributed by atoms with Crippen LogP contribution in [0.4, 0.5) is 4.39 Å². The lowest BCUT2D eigenvalue weighted by atomic mass is 9.82. The molecule has 0 spiro atoms. The van der Waals surface area contributed by atoms with Crippen LogP contribution >= 0.6 is 11.3 Å². The monoisotopic (exact) mass is 292 g/mol. The highest BCUT2D eigenvalue weighted by molar-refractivity contribution is 7.11. The summed E-state index contributed by atoms with van der Waals surface area (Å²) in [4.78, 5) is 5.49. The molecule has 1 N–H and O–H groups in total. The van der Waals surface area contributed by atoms with Gasteiger partial charge in [0.15, 0.2) is 0 Å². The van der Waals surface area contributed by atoms with Crippen molar-refractivity contribution in [2.75, 3.05) is 0 Å². The molecule has 1 unspecified atom stereocenters. The van der Waals surface area contributed by atoms with Gasteiger partial charge in [-0.1, -0.05) is 32.9 Å². The van der Waals surface area contributed by atoms with Crippen LogP contribution in [0, 0.1) is 18.2 Å². The van der Waals surface area contributed by atoms with Gasteiger partial charge < -0.3 is 5.32 Å². The topological polar surface area (TPSA) is 24.9 Å². The van der Waals surface area contributed by atoms with Crippen molar-refractivity contribution in [1.82, 2.24) is 10.3 Å². The van der Waals surface area contributed by atoms with Gasteiger partial charge >= 0.3 is 0 Å². The van der Waals surface area contributed by atoms with E-state index in [0.717, 1.165) is 17.1 Å². The van der Waals surface area contributed by atoms with Gasteiger partial charge in [-0.2, -0.15) is 0 Å². The molecule has 108 valence electrons. The van der Waals surface area contributed by atoms with Gasteiger partial charge in [0, 0.05) is 23.7 Å². The number of hydrogen-bond acceptors (Lipinski definition) is 3. The SMILES string of the molecule is Cc1ncc(CNC(c2ccc(F)cc2)C(C)(C)C)s1. The third-order valence-corrected chi connectivity index (χ3v) is 4.13. The lowest BCUT2D eigenvalue weighted by Crippen LogP contribution is -2.31.